The molecule has 0 fully saturated rings. The van der Waals surface area contributed by atoms with E-state index < -0.39 is 0 Å². The van der Waals surface area contributed by atoms with Gasteiger partial charge in [0.05, 0.1) is 12.8 Å². The average molecular weight is 239 g/mol. The van der Waals surface area contributed by atoms with Gasteiger partial charge in [-0.25, -0.2) is 0 Å². The van der Waals surface area contributed by atoms with Crippen molar-refractivity contribution in [2.45, 2.75) is 0 Å². The molecule has 0 saturated carbocycles. The SMILES string of the molecule is COc1cccc2cn(Nc3ccncc3)cc12. The molecule has 4 nitrogen and oxygen atoms in total. The molecule has 3 rings (SSSR count). The molecule has 4 heteroatoms. The zero-order valence-electron chi connectivity index (χ0n) is 10.00. The molecule has 0 aliphatic heterocycles. The summed E-state index contributed by atoms with van der Waals surface area (Å²) in [6.45, 7) is 0. The quantitative estimate of drug-likeness (QED) is 0.763. The Labute approximate surface area is 105 Å². The van der Waals surface area contributed by atoms with Crippen molar-refractivity contribution in [2.75, 3.05) is 12.5 Å². The first-order valence-corrected chi connectivity index (χ1v) is 5.68. The number of methoxy groups -OCH3 is 1. The summed E-state index contributed by atoms with van der Waals surface area (Å²) in [6.07, 6.45) is 7.55. The Hall–Kier alpha value is -2.49. The summed E-state index contributed by atoms with van der Waals surface area (Å²) in [5, 5.41) is 2.22. The van der Waals surface area contributed by atoms with Gasteiger partial charge < -0.3 is 4.74 Å². The van der Waals surface area contributed by atoms with Crippen LogP contribution in [0.15, 0.2) is 55.1 Å². The van der Waals surface area contributed by atoms with Crippen LogP contribution in [0, 0.1) is 0 Å². The number of ether oxygens (including phenoxy) is 1. The number of fused-ring (bicyclic) bond motifs is 1. The fraction of sp³-hybridized carbons (Fsp3) is 0.0714. The highest BCUT2D eigenvalue weighted by atomic mass is 16.5. The third-order valence-electron chi connectivity index (χ3n) is 2.80. The second-order valence-electron chi connectivity index (χ2n) is 3.98. The van der Waals surface area contributed by atoms with Crippen molar-refractivity contribution in [1.29, 1.82) is 0 Å². The molecule has 2 aromatic heterocycles. The zero-order chi connectivity index (χ0) is 12.4. The van der Waals surface area contributed by atoms with Crippen LogP contribution in [-0.2, 0) is 0 Å². The summed E-state index contributed by atoms with van der Waals surface area (Å²) in [5.41, 5.74) is 4.26. The van der Waals surface area contributed by atoms with Gasteiger partial charge in [-0.2, -0.15) is 0 Å². The van der Waals surface area contributed by atoms with Crippen molar-refractivity contribution in [3.8, 4) is 5.75 Å². The first kappa shape index (κ1) is 10.7. The minimum absolute atomic E-state index is 0.878. The van der Waals surface area contributed by atoms with Crippen molar-refractivity contribution in [1.82, 2.24) is 9.66 Å². The van der Waals surface area contributed by atoms with E-state index in [0.717, 1.165) is 22.2 Å². The molecular formula is C14H13N3O. The number of hydrogen-bond donors (Lipinski definition) is 1. The second kappa shape index (κ2) is 4.41. The van der Waals surface area contributed by atoms with Crippen LogP contribution in [0.5, 0.6) is 5.75 Å². The Morgan fingerprint density at radius 2 is 1.94 bits per heavy atom. The lowest BCUT2D eigenvalue weighted by Gasteiger charge is -2.05. The summed E-state index contributed by atoms with van der Waals surface area (Å²) in [4.78, 5) is 3.99. The summed E-state index contributed by atoms with van der Waals surface area (Å²) >= 11 is 0. The first-order valence-electron chi connectivity index (χ1n) is 5.68. The number of anilines is 1. The van der Waals surface area contributed by atoms with Crippen LogP contribution >= 0.6 is 0 Å². The Morgan fingerprint density at radius 1 is 1.11 bits per heavy atom. The fourth-order valence-corrected chi connectivity index (χ4v) is 1.96. The number of hydrogen-bond acceptors (Lipinski definition) is 3. The molecule has 1 N–H and O–H groups in total. The van der Waals surface area contributed by atoms with E-state index in [1.165, 1.54) is 0 Å². The number of nitrogens with one attached hydrogen (secondary N) is 1. The molecule has 0 spiro atoms. The second-order valence-corrected chi connectivity index (χ2v) is 3.98. The van der Waals surface area contributed by atoms with Crippen molar-refractivity contribution < 1.29 is 4.74 Å². The van der Waals surface area contributed by atoms with Crippen molar-refractivity contribution in [3.63, 3.8) is 0 Å². The minimum Gasteiger partial charge on any atom is -0.496 e. The molecule has 0 saturated heterocycles. The summed E-state index contributed by atoms with van der Waals surface area (Å²) in [6, 6.07) is 9.84. The van der Waals surface area contributed by atoms with E-state index in [4.69, 9.17) is 4.74 Å². The largest absolute Gasteiger partial charge is 0.496 e. The van der Waals surface area contributed by atoms with Gasteiger partial charge >= 0.3 is 0 Å². The predicted molar refractivity (Wildman–Crippen MR) is 71.7 cm³/mol. The molecular weight excluding hydrogens is 226 g/mol. The lowest BCUT2D eigenvalue weighted by Crippen LogP contribution is -2.05. The third-order valence-corrected chi connectivity index (χ3v) is 2.80. The standard InChI is InChI=1S/C14H13N3O/c1-18-14-4-2-3-11-9-17(10-13(11)14)16-12-5-7-15-8-6-12/h2-10H,1H3,(H,15,16). The van der Waals surface area contributed by atoms with Crippen LogP contribution in [0.2, 0.25) is 0 Å². The molecule has 0 radical (unpaired) electrons. The lowest BCUT2D eigenvalue weighted by atomic mass is 10.2. The Balaban J connectivity index is 1.99. The van der Waals surface area contributed by atoms with E-state index in [1.807, 2.05) is 41.3 Å². The van der Waals surface area contributed by atoms with Gasteiger partial charge in [-0.05, 0) is 18.2 Å². The van der Waals surface area contributed by atoms with E-state index in [0.29, 0.717) is 0 Å². The van der Waals surface area contributed by atoms with Gasteiger partial charge in [0, 0.05) is 35.6 Å². The normalized spacial score (nSPS) is 10.5. The van der Waals surface area contributed by atoms with Crippen LogP contribution in [0.3, 0.4) is 0 Å². The number of pyridine rings is 1. The molecule has 0 atom stereocenters. The van der Waals surface area contributed by atoms with Crippen LogP contribution in [0.1, 0.15) is 0 Å². The Kier molecular flexibility index (Phi) is 2.61. The summed E-state index contributed by atoms with van der Waals surface area (Å²) in [7, 11) is 1.68. The molecule has 0 aliphatic carbocycles. The molecule has 0 unspecified atom stereocenters. The van der Waals surface area contributed by atoms with Crippen LogP contribution in [0.4, 0.5) is 5.69 Å². The van der Waals surface area contributed by atoms with Crippen molar-refractivity contribution in [2.24, 2.45) is 0 Å². The van der Waals surface area contributed by atoms with Gasteiger partial charge in [0.15, 0.2) is 0 Å². The van der Waals surface area contributed by atoms with Gasteiger partial charge in [-0.1, -0.05) is 12.1 Å². The van der Waals surface area contributed by atoms with Crippen molar-refractivity contribution >= 4 is 16.5 Å². The van der Waals surface area contributed by atoms with Crippen molar-refractivity contribution in [3.05, 3.63) is 55.1 Å². The van der Waals surface area contributed by atoms with Gasteiger partial charge in [-0.3, -0.25) is 15.1 Å². The molecule has 0 bridgehead atoms. The first-order chi connectivity index (χ1) is 8.86. The molecule has 90 valence electrons. The molecule has 0 amide bonds. The highest BCUT2D eigenvalue weighted by Crippen LogP contribution is 2.25. The number of nitrogens with zero attached hydrogens (tertiary/aromatic N) is 2. The topological polar surface area (TPSA) is 39.1 Å². The smallest absolute Gasteiger partial charge is 0.128 e. The van der Waals surface area contributed by atoms with Crippen LogP contribution in [0.25, 0.3) is 10.8 Å². The van der Waals surface area contributed by atoms with Gasteiger partial charge in [0.25, 0.3) is 0 Å². The zero-order valence-corrected chi connectivity index (χ0v) is 10.00. The molecule has 0 aliphatic rings. The summed E-state index contributed by atoms with van der Waals surface area (Å²) < 4.78 is 7.26. The van der Waals surface area contributed by atoms with E-state index in [-0.39, 0.29) is 0 Å². The van der Waals surface area contributed by atoms with E-state index in [9.17, 15) is 0 Å². The van der Waals surface area contributed by atoms with Crippen LogP contribution in [-0.4, -0.2) is 16.8 Å². The molecule has 3 aromatic rings. The monoisotopic (exact) mass is 239 g/mol. The highest BCUT2D eigenvalue weighted by Gasteiger charge is 2.03. The Morgan fingerprint density at radius 3 is 2.72 bits per heavy atom. The summed E-state index contributed by atoms with van der Waals surface area (Å²) in [5.74, 6) is 0.878. The van der Waals surface area contributed by atoms with Gasteiger partial charge in [-0.15, -0.1) is 0 Å². The van der Waals surface area contributed by atoms with E-state index in [1.54, 1.807) is 19.5 Å². The van der Waals surface area contributed by atoms with E-state index >= 15 is 0 Å². The molecule has 18 heavy (non-hydrogen) atoms. The third kappa shape index (κ3) is 1.88. The van der Waals surface area contributed by atoms with Crippen LogP contribution < -0.4 is 10.2 Å². The number of aromatic nitrogens is 2. The number of benzene rings is 1. The van der Waals surface area contributed by atoms with E-state index in [2.05, 4.69) is 16.5 Å². The number of rotatable bonds is 3. The fourth-order valence-electron chi connectivity index (χ4n) is 1.96. The minimum atomic E-state index is 0.878. The maximum Gasteiger partial charge on any atom is 0.128 e. The molecule has 2 heterocycles. The predicted octanol–water partition coefficient (Wildman–Crippen LogP) is 2.92. The highest BCUT2D eigenvalue weighted by molar-refractivity contribution is 5.88. The molecule has 1 aromatic carbocycles. The Bertz CT molecular complexity index is 661. The van der Waals surface area contributed by atoms with Gasteiger partial charge in [0.2, 0.25) is 0 Å². The average Bonchev–Trinajstić information content (AvgIpc) is 2.82. The van der Waals surface area contributed by atoms with Gasteiger partial charge in [0.1, 0.15) is 5.75 Å². The lowest BCUT2D eigenvalue weighted by molar-refractivity contribution is 0.420. The maximum absolute atomic E-state index is 5.34. The maximum atomic E-state index is 5.34.